The van der Waals surface area contributed by atoms with Crippen molar-refractivity contribution in [2.45, 2.75) is 33.1 Å². The molecule has 0 bridgehead atoms. The van der Waals surface area contributed by atoms with Crippen molar-refractivity contribution in [3.63, 3.8) is 0 Å². The molecule has 0 fully saturated rings. The first-order valence-electron chi connectivity index (χ1n) is 7.90. The molecule has 2 rings (SSSR count). The van der Waals surface area contributed by atoms with Crippen LogP contribution in [0.25, 0.3) is 11.1 Å². The molecule has 0 spiro atoms. The highest BCUT2D eigenvalue weighted by Crippen LogP contribution is 2.35. The van der Waals surface area contributed by atoms with Crippen LogP contribution in [-0.4, -0.2) is 11.6 Å². The maximum absolute atomic E-state index is 9.59. The molecule has 5 heteroatoms. The van der Waals surface area contributed by atoms with E-state index in [-0.39, 0.29) is 22.8 Å². The van der Waals surface area contributed by atoms with E-state index >= 15 is 0 Å². The molecule has 5 nitrogen and oxygen atoms in total. The molecular formula is C19H20N4O. The quantitative estimate of drug-likeness (QED) is 0.898. The van der Waals surface area contributed by atoms with Gasteiger partial charge in [-0.2, -0.15) is 15.5 Å². The van der Waals surface area contributed by atoms with Crippen molar-refractivity contribution in [3.05, 3.63) is 41.0 Å². The van der Waals surface area contributed by atoms with Crippen LogP contribution >= 0.6 is 0 Å². The Morgan fingerprint density at radius 2 is 1.75 bits per heavy atom. The predicted octanol–water partition coefficient (Wildman–Crippen LogP) is 3.99. The van der Waals surface area contributed by atoms with Gasteiger partial charge in [0.05, 0.1) is 6.61 Å². The van der Waals surface area contributed by atoms with E-state index < -0.39 is 0 Å². The highest BCUT2D eigenvalue weighted by atomic mass is 16.5. The number of hydrogen-bond acceptors (Lipinski definition) is 5. The van der Waals surface area contributed by atoms with E-state index in [2.05, 4.69) is 31.0 Å². The van der Waals surface area contributed by atoms with E-state index in [1.165, 1.54) is 5.56 Å². The second-order valence-corrected chi connectivity index (χ2v) is 5.78. The van der Waals surface area contributed by atoms with Gasteiger partial charge in [0, 0.05) is 5.56 Å². The maximum atomic E-state index is 9.59. The van der Waals surface area contributed by atoms with Gasteiger partial charge in [-0.25, -0.2) is 0 Å². The lowest BCUT2D eigenvalue weighted by Crippen LogP contribution is -2.06. The van der Waals surface area contributed by atoms with Gasteiger partial charge >= 0.3 is 0 Å². The molecule has 122 valence electrons. The number of nitrogen functional groups attached to an aromatic ring is 1. The Hall–Kier alpha value is -3.05. The van der Waals surface area contributed by atoms with Crippen LogP contribution < -0.4 is 10.5 Å². The van der Waals surface area contributed by atoms with Gasteiger partial charge in [-0.15, -0.1) is 0 Å². The molecule has 0 radical (unpaired) electrons. The number of hydrogen-bond donors (Lipinski definition) is 1. The smallest absolute Gasteiger partial charge is 0.234 e. The number of pyridine rings is 1. The molecule has 2 aromatic rings. The summed E-state index contributed by atoms with van der Waals surface area (Å²) in [6.45, 7) is 6.61. The minimum atomic E-state index is 0.0746. The van der Waals surface area contributed by atoms with E-state index in [9.17, 15) is 10.5 Å². The second kappa shape index (κ2) is 7.48. The molecule has 1 heterocycles. The monoisotopic (exact) mass is 320 g/mol. The number of nitrogens with two attached hydrogens (primary N) is 1. The molecule has 1 aromatic carbocycles. The number of ether oxygens (including phenoxy) is 1. The summed E-state index contributed by atoms with van der Waals surface area (Å²) in [7, 11) is 0. The zero-order chi connectivity index (χ0) is 17.7. The van der Waals surface area contributed by atoms with Crippen LogP contribution in [0.1, 0.15) is 49.8 Å². The van der Waals surface area contributed by atoms with Gasteiger partial charge in [-0.3, -0.25) is 0 Å². The van der Waals surface area contributed by atoms with E-state index in [0.717, 1.165) is 12.0 Å². The van der Waals surface area contributed by atoms with Crippen molar-refractivity contribution in [1.29, 1.82) is 10.5 Å². The Morgan fingerprint density at radius 1 is 1.12 bits per heavy atom. The van der Waals surface area contributed by atoms with Crippen LogP contribution in [0.3, 0.4) is 0 Å². The zero-order valence-electron chi connectivity index (χ0n) is 14.1. The number of aromatic nitrogens is 1. The lowest BCUT2D eigenvalue weighted by molar-refractivity contribution is 0.305. The summed E-state index contributed by atoms with van der Waals surface area (Å²) in [5.74, 6) is 0.653. The lowest BCUT2D eigenvalue weighted by atomic mass is 9.94. The molecule has 0 aliphatic heterocycles. The highest BCUT2D eigenvalue weighted by Gasteiger charge is 2.21. The summed E-state index contributed by atoms with van der Waals surface area (Å²) < 4.78 is 5.56. The summed E-state index contributed by atoms with van der Waals surface area (Å²) in [6, 6.07) is 12.0. The molecule has 1 aromatic heterocycles. The Bertz CT molecular complexity index is 811. The third-order valence-corrected chi connectivity index (χ3v) is 3.72. The molecule has 0 aliphatic carbocycles. The normalized spacial score (nSPS) is 10.2. The number of nitrogens with zero attached hydrogens (tertiary/aromatic N) is 3. The van der Waals surface area contributed by atoms with Crippen LogP contribution in [0.5, 0.6) is 5.88 Å². The van der Waals surface area contributed by atoms with Gasteiger partial charge in [0.1, 0.15) is 29.1 Å². The summed E-state index contributed by atoms with van der Waals surface area (Å²) in [4.78, 5) is 4.09. The van der Waals surface area contributed by atoms with Crippen LogP contribution in [0, 0.1) is 22.7 Å². The van der Waals surface area contributed by atoms with Gasteiger partial charge < -0.3 is 10.5 Å². The van der Waals surface area contributed by atoms with Gasteiger partial charge in [0.15, 0.2) is 0 Å². The number of anilines is 1. The summed E-state index contributed by atoms with van der Waals surface area (Å²) in [6.07, 6.45) is 0.783. The highest BCUT2D eigenvalue weighted by molar-refractivity contribution is 5.82. The summed E-state index contributed by atoms with van der Waals surface area (Å²) >= 11 is 0. The fraction of sp³-hybridized carbons (Fsp3) is 0.316. The lowest BCUT2D eigenvalue weighted by Gasteiger charge is -2.14. The molecule has 0 saturated heterocycles. The third kappa shape index (κ3) is 3.31. The second-order valence-electron chi connectivity index (χ2n) is 5.78. The van der Waals surface area contributed by atoms with E-state index in [1.54, 1.807) is 0 Å². The number of nitriles is 2. The molecule has 2 N–H and O–H groups in total. The zero-order valence-corrected chi connectivity index (χ0v) is 14.1. The van der Waals surface area contributed by atoms with E-state index in [0.29, 0.717) is 18.1 Å². The van der Waals surface area contributed by atoms with Crippen molar-refractivity contribution in [2.24, 2.45) is 0 Å². The number of benzene rings is 1. The van der Waals surface area contributed by atoms with Crippen LogP contribution in [0.15, 0.2) is 24.3 Å². The Balaban J connectivity index is 2.68. The fourth-order valence-electron chi connectivity index (χ4n) is 2.42. The molecule has 0 unspecified atom stereocenters. The van der Waals surface area contributed by atoms with Crippen molar-refractivity contribution in [1.82, 2.24) is 4.98 Å². The first-order chi connectivity index (χ1) is 11.5. The third-order valence-electron chi connectivity index (χ3n) is 3.72. The Morgan fingerprint density at radius 3 is 2.25 bits per heavy atom. The SMILES string of the molecule is CCCOc1nc(N)c(C#N)c(-c2ccc(C(C)C)cc2)c1C#N. The fourth-order valence-corrected chi connectivity index (χ4v) is 2.42. The van der Waals surface area contributed by atoms with E-state index in [4.69, 9.17) is 10.5 Å². The molecule has 0 amide bonds. The van der Waals surface area contributed by atoms with Crippen molar-refractivity contribution < 1.29 is 4.74 Å². The standard InChI is InChI=1S/C19H20N4O/c1-4-9-24-19-16(11-21)17(15(10-20)18(22)23-19)14-7-5-13(6-8-14)12(2)3/h5-8,12H,4,9H2,1-3H3,(H2,22,23). The molecule has 24 heavy (non-hydrogen) atoms. The van der Waals surface area contributed by atoms with Gasteiger partial charge in [0.2, 0.25) is 5.88 Å². The largest absolute Gasteiger partial charge is 0.477 e. The summed E-state index contributed by atoms with van der Waals surface area (Å²) in [5, 5.41) is 19.1. The molecule has 0 aliphatic rings. The predicted molar refractivity (Wildman–Crippen MR) is 93.4 cm³/mol. The van der Waals surface area contributed by atoms with Gasteiger partial charge in [-0.05, 0) is 23.5 Å². The minimum Gasteiger partial charge on any atom is -0.477 e. The number of rotatable bonds is 5. The first-order valence-corrected chi connectivity index (χ1v) is 7.90. The van der Waals surface area contributed by atoms with Crippen LogP contribution in [-0.2, 0) is 0 Å². The van der Waals surface area contributed by atoms with Crippen LogP contribution in [0.2, 0.25) is 0 Å². The summed E-state index contributed by atoms with van der Waals surface area (Å²) in [5.41, 5.74) is 8.78. The van der Waals surface area contributed by atoms with Gasteiger partial charge in [0.25, 0.3) is 0 Å². The van der Waals surface area contributed by atoms with Crippen molar-refractivity contribution in [3.8, 4) is 29.1 Å². The van der Waals surface area contributed by atoms with E-state index in [1.807, 2.05) is 31.2 Å². The minimum absolute atomic E-state index is 0.0746. The van der Waals surface area contributed by atoms with Crippen molar-refractivity contribution >= 4 is 5.82 Å². The Labute approximate surface area is 142 Å². The van der Waals surface area contributed by atoms with Gasteiger partial charge in [-0.1, -0.05) is 45.0 Å². The van der Waals surface area contributed by atoms with Crippen LogP contribution in [0.4, 0.5) is 5.82 Å². The molecular weight excluding hydrogens is 300 g/mol. The average Bonchev–Trinajstić information content (AvgIpc) is 2.59. The first kappa shape index (κ1) is 17.3. The molecule has 0 atom stereocenters. The molecule has 0 saturated carbocycles. The Kier molecular flexibility index (Phi) is 5.39. The maximum Gasteiger partial charge on any atom is 0.234 e. The topological polar surface area (TPSA) is 95.7 Å². The van der Waals surface area contributed by atoms with Crippen molar-refractivity contribution in [2.75, 3.05) is 12.3 Å². The average molecular weight is 320 g/mol.